The highest BCUT2D eigenvalue weighted by Gasteiger charge is 2.30. The maximum atomic E-state index is 8.61. The molecule has 0 bridgehead atoms. The van der Waals surface area contributed by atoms with Crippen LogP contribution in [0.25, 0.3) is 152 Å². The van der Waals surface area contributed by atoms with Crippen molar-refractivity contribution < 1.29 is 57.9 Å². The van der Waals surface area contributed by atoms with E-state index in [1.807, 2.05) is 208 Å². The number of hydrogen-bond acceptors (Lipinski definition) is 4. The van der Waals surface area contributed by atoms with Crippen LogP contribution in [0.4, 0.5) is 22.7 Å². The molecule has 16 rings (SSSR count). The SMILES string of the molecule is [2H]C([2H])([2H])C([2H])(C)c1cc(C)[n+](C)c(-c2c(C)cc(C)c3c2oc2c([N+]#[C-])cccc23)c1.[2H]C([2H])([2H])C([2H])(C)c1cc(C)[n+](C)c(-c2c(C)ccc3c2oc2c([N+]#[C-])c(C)ccc23)c1.[2H]C([2H])([2H])C([2H])(C)c1cc(C)[n+](C)c(-c2c(C)ccc3c2oc2c([N+]#[C-])cc(C)cc23)c1.[2H]C([2H])([2H])C([2H])(C)c1cc(C)[n+](C)c(-c2c(C)ccc3c2oc2c([N+]#[C-])ccc(C)c23)c1. The van der Waals surface area contributed by atoms with Crippen LogP contribution in [0.3, 0.4) is 0 Å². The predicted octanol–water partition coefficient (Wildman–Crippen LogP) is 26.7. The number of hydrogen-bond donors (Lipinski definition) is 0. The van der Waals surface area contributed by atoms with Crippen molar-refractivity contribution in [3.63, 3.8) is 0 Å². The smallest absolute Gasteiger partial charge is 0.232 e. The van der Waals surface area contributed by atoms with Gasteiger partial charge in [0.05, 0.1) is 48.5 Å². The number of pyridine rings is 4. The molecule has 16 aromatic rings. The molecular formula is C100H100N8O4+4. The van der Waals surface area contributed by atoms with Gasteiger partial charge in [0.2, 0.25) is 45.5 Å². The Bertz CT molecular complexity index is 7430. The van der Waals surface area contributed by atoms with E-state index in [1.165, 1.54) is 27.7 Å². The van der Waals surface area contributed by atoms with Gasteiger partial charge in [0, 0.05) is 141 Å². The minimum atomic E-state index is -2.47. The van der Waals surface area contributed by atoms with Crippen molar-refractivity contribution in [2.24, 2.45) is 28.2 Å². The number of rotatable bonds is 8. The van der Waals surface area contributed by atoms with Gasteiger partial charge >= 0.3 is 0 Å². The molecule has 0 amide bonds. The molecule has 8 aromatic carbocycles. The van der Waals surface area contributed by atoms with Gasteiger partial charge in [-0.1, -0.05) is 152 Å². The Morgan fingerprint density at radius 2 is 0.652 bits per heavy atom. The van der Waals surface area contributed by atoms with Gasteiger partial charge in [-0.2, -0.15) is 18.3 Å². The molecule has 0 saturated heterocycles. The molecular weight excluding hydrogens is 1380 g/mol. The molecule has 0 aliphatic carbocycles. The Balaban J connectivity index is 0.000000146. The molecule has 0 aliphatic rings. The predicted molar refractivity (Wildman–Crippen MR) is 460 cm³/mol. The summed E-state index contributed by atoms with van der Waals surface area (Å²) in [4.78, 5) is 14.6. The van der Waals surface area contributed by atoms with Gasteiger partial charge in [0.1, 0.15) is 72.9 Å². The van der Waals surface area contributed by atoms with Gasteiger partial charge < -0.3 is 17.7 Å². The number of benzene rings is 8. The molecule has 0 saturated carbocycles. The highest BCUT2D eigenvalue weighted by Crippen LogP contribution is 2.47. The van der Waals surface area contributed by atoms with E-state index in [0.29, 0.717) is 89.7 Å². The summed E-state index contributed by atoms with van der Waals surface area (Å²) in [5.41, 5.74) is 26.0. The first-order valence-electron chi connectivity index (χ1n) is 44.9. The number of furan rings is 4. The van der Waals surface area contributed by atoms with E-state index in [2.05, 4.69) is 25.4 Å². The van der Waals surface area contributed by atoms with Crippen molar-refractivity contribution >= 4 is 111 Å². The number of fused-ring (bicyclic) bond motifs is 12. The molecule has 12 nitrogen and oxygen atoms in total. The quantitative estimate of drug-likeness (QED) is 0.112. The number of para-hydroxylation sites is 1. The lowest BCUT2D eigenvalue weighted by atomic mass is 9.94. The highest BCUT2D eigenvalue weighted by atomic mass is 16.3. The van der Waals surface area contributed by atoms with Gasteiger partial charge in [0.25, 0.3) is 0 Å². The third-order valence-electron chi connectivity index (χ3n) is 22.0. The molecule has 0 radical (unpaired) electrons. The summed E-state index contributed by atoms with van der Waals surface area (Å²) in [6.45, 7) is 49.5. The normalized spacial score (nSPS) is 16.1. The average Bonchev–Trinajstić information content (AvgIpc) is 1.58. The molecule has 8 aromatic heterocycles. The molecule has 8 heterocycles. The summed E-state index contributed by atoms with van der Waals surface area (Å²) in [6.07, 6.45) is 0. The molecule has 560 valence electrons. The lowest BCUT2D eigenvalue weighted by Gasteiger charge is -2.12. The number of aryl methyl sites for hydroxylation is 12. The summed E-state index contributed by atoms with van der Waals surface area (Å²) in [6, 6.07) is 45.3. The largest absolute Gasteiger partial charge is 0.466 e. The zero-order chi connectivity index (χ0) is 94.3. The van der Waals surface area contributed by atoms with Crippen LogP contribution in [-0.4, -0.2) is 0 Å². The van der Waals surface area contributed by atoms with Crippen molar-refractivity contribution in [1.29, 1.82) is 0 Å². The first-order valence-corrected chi connectivity index (χ1v) is 36.9. The molecule has 0 fully saturated rings. The first kappa shape index (κ1) is 59.4. The van der Waals surface area contributed by atoms with Crippen LogP contribution in [0.15, 0.2) is 163 Å². The Labute approximate surface area is 681 Å². The van der Waals surface area contributed by atoms with Gasteiger partial charge in [-0.3, -0.25) is 0 Å². The average molecular weight is 1490 g/mol. The maximum absolute atomic E-state index is 8.61. The molecule has 0 spiro atoms. The topological polar surface area (TPSA) is 85.5 Å². The fourth-order valence-electron chi connectivity index (χ4n) is 15.5. The Hall–Kier alpha value is -12.5. The summed E-state index contributed by atoms with van der Waals surface area (Å²) >= 11 is 0. The van der Waals surface area contributed by atoms with E-state index in [9.17, 15) is 0 Å². The van der Waals surface area contributed by atoms with Crippen molar-refractivity contribution in [3.8, 4) is 45.0 Å². The van der Waals surface area contributed by atoms with Crippen molar-refractivity contribution in [3.05, 3.63) is 281 Å². The second-order valence-corrected chi connectivity index (χ2v) is 29.7. The molecule has 0 N–H and O–H groups in total. The summed E-state index contributed by atoms with van der Waals surface area (Å²) in [7, 11) is 7.67. The summed E-state index contributed by atoms with van der Waals surface area (Å²) in [5.74, 6) is -7.04. The van der Waals surface area contributed by atoms with Crippen LogP contribution in [0.5, 0.6) is 0 Å². The zero-order valence-electron chi connectivity index (χ0n) is 83.1. The molecule has 0 aliphatic heterocycles. The standard InChI is InChI=1S/4C25H25N2O/c1-14(2)18-12-17(5)27(7)21(13-18)23-16(4)8-10-19-22-15(3)9-11-20(26-6)25(22)28-24(19)23;1-14(2)18-12-17(5)27(7)21(13-18)22-15(3)8-10-19-20-11-9-16(4)23(26-6)25(20)28-24(19)22;1-14(2)18-12-17(5)27(7)22(13-18)23-16(4)8-9-19-20-10-15(3)11-21(26-6)24(20)28-25(19)23;1-14(2)18-12-17(5)27(7)21(13-18)23-16(4)11-15(3)22-19-9-8-10-20(26-6)24(19)28-25(22)23/h4*8-14H,1-5,7H3/q4*+1/i4*1D3,14D. The van der Waals surface area contributed by atoms with E-state index < -0.39 is 51.0 Å². The fraction of sp³-hybridized carbons (Fsp3) is 0.280. The van der Waals surface area contributed by atoms with Gasteiger partial charge in [-0.15, -0.1) is 0 Å². The zero-order valence-corrected chi connectivity index (χ0v) is 67.1. The molecule has 112 heavy (non-hydrogen) atoms. The highest BCUT2D eigenvalue weighted by molar-refractivity contribution is 6.17. The van der Waals surface area contributed by atoms with Crippen LogP contribution in [0.1, 0.15) is 190 Å². The Morgan fingerprint density at radius 1 is 0.304 bits per heavy atom. The lowest BCUT2D eigenvalue weighted by molar-refractivity contribution is -0.666. The second-order valence-electron chi connectivity index (χ2n) is 29.7. The van der Waals surface area contributed by atoms with E-state index in [0.717, 1.165) is 155 Å². The van der Waals surface area contributed by atoms with Crippen molar-refractivity contribution in [2.75, 3.05) is 0 Å². The van der Waals surface area contributed by atoms with Crippen LogP contribution in [0, 0.1) is 109 Å². The van der Waals surface area contributed by atoms with Crippen molar-refractivity contribution in [2.45, 2.75) is 162 Å². The number of aromatic nitrogens is 4. The van der Waals surface area contributed by atoms with Crippen LogP contribution < -0.4 is 18.3 Å². The second kappa shape index (κ2) is 30.4. The fourth-order valence-corrected chi connectivity index (χ4v) is 15.5. The van der Waals surface area contributed by atoms with Gasteiger partial charge in [0.15, 0.2) is 22.8 Å². The molecule has 12 heteroatoms. The van der Waals surface area contributed by atoms with Gasteiger partial charge in [-0.05, 0) is 146 Å². The Morgan fingerprint density at radius 3 is 1.10 bits per heavy atom. The van der Waals surface area contributed by atoms with Gasteiger partial charge in [-0.25, -0.2) is 19.4 Å². The van der Waals surface area contributed by atoms with Crippen LogP contribution in [0.2, 0.25) is 0 Å². The molecule has 4 atom stereocenters. The third kappa shape index (κ3) is 13.6. The molecule has 4 unspecified atom stereocenters. The van der Waals surface area contributed by atoms with Crippen molar-refractivity contribution in [1.82, 2.24) is 0 Å². The third-order valence-corrected chi connectivity index (χ3v) is 22.0. The summed E-state index contributed by atoms with van der Waals surface area (Å²) < 4.78 is 162. The van der Waals surface area contributed by atoms with Crippen LogP contribution >= 0.6 is 0 Å². The monoisotopic (exact) mass is 1490 g/mol. The maximum Gasteiger partial charge on any atom is 0.232 e. The van der Waals surface area contributed by atoms with E-state index in [4.69, 9.17) is 65.9 Å². The Kier molecular flexibility index (Phi) is 16.1. The van der Waals surface area contributed by atoms with Crippen LogP contribution in [-0.2, 0) is 28.2 Å². The summed E-state index contributed by atoms with van der Waals surface area (Å²) in [5, 5.41) is 7.22. The lowest BCUT2D eigenvalue weighted by Crippen LogP contribution is -2.35. The number of nitrogens with zero attached hydrogens (tertiary/aromatic N) is 8. The minimum absolute atomic E-state index is 0.424. The van der Waals surface area contributed by atoms with E-state index in [-0.39, 0.29) is 0 Å². The van der Waals surface area contributed by atoms with E-state index in [1.54, 1.807) is 60.7 Å². The first-order chi connectivity index (χ1) is 59.5. The van der Waals surface area contributed by atoms with E-state index >= 15 is 0 Å². The minimum Gasteiger partial charge on any atom is -0.466 e.